The van der Waals surface area contributed by atoms with Crippen LogP contribution in [0.2, 0.25) is 0 Å². The Balaban J connectivity index is 1.45. The highest BCUT2D eigenvalue weighted by atomic mass is 15.2. The minimum absolute atomic E-state index is 0.920. The van der Waals surface area contributed by atoms with E-state index in [4.69, 9.17) is 0 Å². The van der Waals surface area contributed by atoms with Gasteiger partial charge in [0.2, 0.25) is 11.4 Å². The molecule has 0 spiro atoms. The quantitative estimate of drug-likeness (QED) is 0.0421. The fourth-order valence-electron chi connectivity index (χ4n) is 7.86. The van der Waals surface area contributed by atoms with Gasteiger partial charge in [0.05, 0.1) is 0 Å². The molecule has 1 heterocycles. The van der Waals surface area contributed by atoms with Gasteiger partial charge in [-0.25, -0.2) is 4.70 Å². The Kier molecular flexibility index (Phi) is 24.7. The predicted molar refractivity (Wildman–Crippen MR) is 233 cm³/mol. The first-order valence-electron chi connectivity index (χ1n) is 22.8. The molecule has 0 radical (unpaired) electrons. The van der Waals surface area contributed by atoms with Crippen molar-refractivity contribution >= 4 is 11.4 Å². The lowest BCUT2D eigenvalue weighted by molar-refractivity contribution is -0.344. The third-order valence-electron chi connectivity index (χ3n) is 11.2. The zero-order valence-electron chi connectivity index (χ0n) is 34.8. The minimum Gasteiger partial charge on any atom is -0.493 e. The normalized spacial score (nSPS) is 12.7. The van der Waals surface area contributed by atoms with Gasteiger partial charge in [0.25, 0.3) is 0 Å². The van der Waals surface area contributed by atoms with Crippen molar-refractivity contribution < 1.29 is 4.70 Å². The first-order valence-corrected chi connectivity index (χ1v) is 22.8. The second-order valence-corrected chi connectivity index (χ2v) is 16.0. The van der Waals surface area contributed by atoms with E-state index >= 15 is 0 Å². The van der Waals surface area contributed by atoms with Crippen LogP contribution in [0.15, 0.2) is 60.2 Å². The molecule has 0 saturated heterocycles. The molecule has 1 aliphatic heterocycles. The van der Waals surface area contributed by atoms with E-state index in [-0.39, 0.29) is 0 Å². The second kappa shape index (κ2) is 29.4. The maximum Gasteiger partial charge on any atom is 0.210 e. The molecule has 0 atom stereocenters. The highest BCUT2D eigenvalue weighted by Crippen LogP contribution is 2.39. The van der Waals surface area contributed by atoms with Gasteiger partial charge in [0, 0.05) is 35.6 Å². The van der Waals surface area contributed by atoms with Crippen LogP contribution in [0.4, 0.5) is 0 Å². The molecule has 2 aromatic rings. The Labute approximate surface area is 328 Å². The minimum atomic E-state index is 0.920. The number of hydrogen-bond donors (Lipinski definition) is 0. The van der Waals surface area contributed by atoms with Crippen LogP contribution in [0.1, 0.15) is 223 Å². The predicted octanol–water partition coefficient (Wildman–Crippen LogP) is 16.6. The van der Waals surface area contributed by atoms with Crippen molar-refractivity contribution in [1.82, 2.24) is 0 Å². The first-order chi connectivity index (χ1) is 26.2. The molecule has 0 unspecified atom stereocenters. The van der Waals surface area contributed by atoms with Crippen molar-refractivity contribution in [3.05, 3.63) is 88.0 Å². The van der Waals surface area contributed by atoms with Crippen LogP contribution in [-0.4, -0.2) is 4.70 Å². The summed E-state index contributed by atoms with van der Waals surface area (Å²) in [4.78, 5) is 0. The molecule has 2 heteroatoms. The molecule has 53 heavy (non-hydrogen) atoms. The van der Waals surface area contributed by atoms with E-state index in [2.05, 4.69) is 87.2 Å². The van der Waals surface area contributed by atoms with Crippen LogP contribution in [-0.2, 0) is 12.8 Å². The number of aryl methyl sites for hydroxylation is 2. The number of unbranched alkanes of at least 4 members (excludes halogenated alkanes) is 23. The summed E-state index contributed by atoms with van der Waals surface area (Å²) in [5, 5.41) is 0. The Morgan fingerprint density at radius 3 is 1.53 bits per heavy atom. The van der Waals surface area contributed by atoms with Crippen LogP contribution in [0, 0.1) is 11.8 Å². The summed E-state index contributed by atoms with van der Waals surface area (Å²) in [6.45, 7) is 6.85. The molecule has 0 N–H and O–H groups in total. The standard InChI is InChI=1S/C51H78N2/c1-4-7-10-13-15-16-17-18-19-20-21-22-23-24-25-26-27-29-31-36-46-37-33-34-39-49(46)50-44-48(38-32-28-14-11-8-5-2)51(53(50)52)47-42-40-45(41-43-47)35-30-12-9-6-3/h33-34,37,39-44H,4-25,28-32,35-36,38H2,1-3H3. The molecule has 0 saturated carbocycles. The van der Waals surface area contributed by atoms with E-state index in [1.165, 1.54) is 169 Å². The fraction of sp³-hybridized carbons (Fsp3) is 0.647. The van der Waals surface area contributed by atoms with Gasteiger partial charge < -0.3 is 5.53 Å². The van der Waals surface area contributed by atoms with E-state index in [1.54, 1.807) is 0 Å². The summed E-state index contributed by atoms with van der Waals surface area (Å²) in [6.07, 6.45) is 40.8. The number of hydrogen-bond acceptors (Lipinski definition) is 0. The molecule has 0 amide bonds. The third-order valence-corrected chi connectivity index (χ3v) is 11.2. The molecule has 292 valence electrons. The van der Waals surface area contributed by atoms with Gasteiger partial charge in [-0.15, -0.1) is 11.8 Å². The molecular weight excluding hydrogens is 641 g/mol. The lowest BCUT2D eigenvalue weighted by Crippen LogP contribution is -2.04. The summed E-state index contributed by atoms with van der Waals surface area (Å²) >= 11 is 0. The van der Waals surface area contributed by atoms with Crippen molar-refractivity contribution in [1.29, 1.82) is 0 Å². The smallest absolute Gasteiger partial charge is 0.210 e. The lowest BCUT2D eigenvalue weighted by atomic mass is 9.98. The lowest BCUT2D eigenvalue weighted by Gasteiger charge is -2.13. The summed E-state index contributed by atoms with van der Waals surface area (Å²) in [5.41, 5.74) is 19.9. The average molecular weight is 719 g/mol. The van der Waals surface area contributed by atoms with Gasteiger partial charge in [-0.2, -0.15) is 0 Å². The average Bonchev–Trinajstić information content (AvgIpc) is 3.51. The van der Waals surface area contributed by atoms with E-state index in [0.29, 0.717) is 0 Å². The summed E-state index contributed by atoms with van der Waals surface area (Å²) in [5.74, 6) is 6.93. The first kappa shape index (κ1) is 44.5. The molecule has 3 rings (SSSR count). The molecule has 0 aliphatic carbocycles. The largest absolute Gasteiger partial charge is 0.493 e. The van der Waals surface area contributed by atoms with Crippen molar-refractivity contribution in [2.24, 2.45) is 0 Å². The molecule has 0 fully saturated rings. The van der Waals surface area contributed by atoms with Gasteiger partial charge >= 0.3 is 0 Å². The molecular formula is C51H78N2. The molecule has 2 nitrogen and oxygen atoms in total. The van der Waals surface area contributed by atoms with Gasteiger partial charge in [-0.3, -0.25) is 0 Å². The Bertz CT molecular complexity index is 1380. The van der Waals surface area contributed by atoms with E-state index in [1.807, 2.05) is 0 Å². The number of allylic oxidation sites excluding steroid dienone is 2. The Morgan fingerprint density at radius 1 is 0.472 bits per heavy atom. The Morgan fingerprint density at radius 2 is 0.943 bits per heavy atom. The fourth-order valence-corrected chi connectivity index (χ4v) is 7.86. The number of rotatable bonds is 31. The number of benzene rings is 2. The molecule has 0 aromatic heterocycles. The summed E-state index contributed by atoms with van der Waals surface area (Å²) in [7, 11) is 0. The highest BCUT2D eigenvalue weighted by Gasteiger charge is 2.29. The SMILES string of the molecule is CCCCCCCCCCCCCCCCC#CCCCc1ccccc1C1=CC(CCCCCCCC)=C(c2ccc(CCCCCC)cc2)[N+]1=[N-]. The van der Waals surface area contributed by atoms with Crippen LogP contribution >= 0.6 is 0 Å². The maximum absolute atomic E-state index is 11.8. The van der Waals surface area contributed by atoms with E-state index < -0.39 is 0 Å². The summed E-state index contributed by atoms with van der Waals surface area (Å²) in [6, 6.07) is 17.7. The van der Waals surface area contributed by atoms with Gasteiger partial charge in [-0.05, 0) is 74.3 Å². The highest BCUT2D eigenvalue weighted by molar-refractivity contribution is 5.79. The van der Waals surface area contributed by atoms with Gasteiger partial charge in [0.15, 0.2) is 0 Å². The monoisotopic (exact) mass is 719 g/mol. The zero-order chi connectivity index (χ0) is 37.6. The molecule has 1 aliphatic rings. The topological polar surface area (TPSA) is 25.3 Å². The second-order valence-electron chi connectivity index (χ2n) is 16.0. The van der Waals surface area contributed by atoms with Crippen molar-refractivity contribution in [3.63, 3.8) is 0 Å². The summed E-state index contributed by atoms with van der Waals surface area (Å²) < 4.78 is 1.50. The zero-order valence-corrected chi connectivity index (χ0v) is 34.8. The Hall–Kier alpha value is -2.92. The maximum atomic E-state index is 11.8. The van der Waals surface area contributed by atoms with Gasteiger partial charge in [0.1, 0.15) is 0 Å². The van der Waals surface area contributed by atoms with E-state index in [0.717, 1.165) is 67.5 Å². The van der Waals surface area contributed by atoms with Gasteiger partial charge in [-0.1, -0.05) is 186 Å². The third kappa shape index (κ3) is 18.3. The van der Waals surface area contributed by atoms with E-state index in [9.17, 15) is 5.53 Å². The van der Waals surface area contributed by atoms with Crippen LogP contribution in [0.3, 0.4) is 0 Å². The van der Waals surface area contributed by atoms with Crippen molar-refractivity contribution in [2.45, 2.75) is 213 Å². The van der Waals surface area contributed by atoms with Crippen molar-refractivity contribution in [2.75, 3.05) is 0 Å². The molecule has 2 aromatic carbocycles. The number of nitrogens with zero attached hydrogens (tertiary/aromatic N) is 2. The van der Waals surface area contributed by atoms with Crippen LogP contribution < -0.4 is 0 Å². The van der Waals surface area contributed by atoms with Crippen LogP contribution in [0.25, 0.3) is 16.9 Å². The van der Waals surface area contributed by atoms with Crippen molar-refractivity contribution in [3.8, 4) is 11.8 Å². The van der Waals surface area contributed by atoms with Crippen LogP contribution in [0.5, 0.6) is 0 Å². The molecule has 0 bridgehead atoms.